The molecule has 0 saturated heterocycles. The largest absolute Gasteiger partial charge is 0.261 e. The average molecular weight is 192 g/mol. The van der Waals surface area contributed by atoms with E-state index in [9.17, 15) is 0 Å². The molecule has 62 valence electrons. The summed E-state index contributed by atoms with van der Waals surface area (Å²) in [4.78, 5) is 4.12. The molecule has 1 nitrogen and oxygen atoms in total. The van der Waals surface area contributed by atoms with Gasteiger partial charge >= 0.3 is 0 Å². The van der Waals surface area contributed by atoms with Crippen molar-refractivity contribution in [3.63, 3.8) is 0 Å². The normalized spacial score (nSPS) is 11.9. The highest BCUT2D eigenvalue weighted by Gasteiger charge is 1.98. The van der Waals surface area contributed by atoms with Crippen LogP contribution in [0.5, 0.6) is 0 Å². The highest BCUT2D eigenvalue weighted by Crippen LogP contribution is 2.17. The number of alkyl halides is 1. The van der Waals surface area contributed by atoms with Crippen molar-refractivity contribution in [3.05, 3.63) is 29.6 Å². The van der Waals surface area contributed by atoms with Gasteiger partial charge < -0.3 is 0 Å². The Hall–Kier alpha value is -0.270. The first-order chi connectivity index (χ1) is 4.70. The van der Waals surface area contributed by atoms with Crippen LogP contribution in [0.3, 0.4) is 0 Å². The lowest BCUT2D eigenvalue weighted by Crippen LogP contribution is -1.86. The smallest absolute Gasteiger partial charge is 0.0572 e. The van der Waals surface area contributed by atoms with E-state index in [1.165, 1.54) is 0 Å². The molecule has 0 radical (unpaired) electrons. The first-order valence-electron chi connectivity index (χ1n) is 3.27. The SMILES string of the molecule is Cc1ccc(C(C)Cl)cn1.Cl. The molecule has 0 fully saturated rings. The quantitative estimate of drug-likeness (QED) is 0.623. The average Bonchev–Trinajstić information content (AvgIpc) is 1.88. The van der Waals surface area contributed by atoms with Crippen LogP contribution >= 0.6 is 24.0 Å². The Kier molecular flexibility index (Phi) is 4.46. The minimum atomic E-state index is 0. The Balaban J connectivity index is 0.000001000. The summed E-state index contributed by atoms with van der Waals surface area (Å²) in [7, 11) is 0. The Morgan fingerprint density at radius 2 is 2.09 bits per heavy atom. The zero-order chi connectivity index (χ0) is 7.56. The number of aryl methyl sites for hydroxylation is 1. The summed E-state index contributed by atoms with van der Waals surface area (Å²) in [5, 5.41) is 0.0631. The maximum absolute atomic E-state index is 5.82. The van der Waals surface area contributed by atoms with Crippen LogP contribution in [0.1, 0.15) is 23.6 Å². The van der Waals surface area contributed by atoms with E-state index in [4.69, 9.17) is 11.6 Å². The number of nitrogens with zero attached hydrogens (tertiary/aromatic N) is 1. The van der Waals surface area contributed by atoms with Crippen molar-refractivity contribution >= 4 is 24.0 Å². The molecule has 1 aromatic heterocycles. The molecule has 0 saturated carbocycles. The lowest BCUT2D eigenvalue weighted by Gasteiger charge is -2.00. The van der Waals surface area contributed by atoms with Crippen LogP contribution in [0, 0.1) is 6.92 Å². The molecule has 1 aromatic rings. The van der Waals surface area contributed by atoms with E-state index in [0.29, 0.717) is 0 Å². The number of hydrogen-bond acceptors (Lipinski definition) is 1. The van der Waals surface area contributed by atoms with Crippen molar-refractivity contribution in [2.45, 2.75) is 19.2 Å². The van der Waals surface area contributed by atoms with Crippen LogP contribution in [0.15, 0.2) is 18.3 Å². The van der Waals surface area contributed by atoms with E-state index in [2.05, 4.69) is 4.98 Å². The van der Waals surface area contributed by atoms with Crippen molar-refractivity contribution in [1.29, 1.82) is 0 Å². The lowest BCUT2D eigenvalue weighted by atomic mass is 10.2. The minimum absolute atomic E-state index is 0. The summed E-state index contributed by atoms with van der Waals surface area (Å²) in [5.41, 5.74) is 2.10. The second-order valence-corrected chi connectivity index (χ2v) is 3.00. The van der Waals surface area contributed by atoms with Crippen molar-refractivity contribution < 1.29 is 0 Å². The molecule has 0 bridgehead atoms. The van der Waals surface area contributed by atoms with Gasteiger partial charge in [-0.1, -0.05) is 6.07 Å². The Labute approximate surface area is 78.2 Å². The number of aromatic nitrogens is 1. The first-order valence-corrected chi connectivity index (χ1v) is 3.70. The highest BCUT2D eigenvalue weighted by atomic mass is 35.5. The van der Waals surface area contributed by atoms with Gasteiger partial charge in [0.15, 0.2) is 0 Å². The molecule has 0 aliphatic carbocycles. The maximum Gasteiger partial charge on any atom is 0.0572 e. The molecular weight excluding hydrogens is 181 g/mol. The molecule has 11 heavy (non-hydrogen) atoms. The van der Waals surface area contributed by atoms with Crippen LogP contribution in [-0.2, 0) is 0 Å². The topological polar surface area (TPSA) is 12.9 Å². The standard InChI is InChI=1S/C8H10ClN.ClH/c1-6-3-4-8(5-10-6)7(2)9;/h3-5,7H,1-2H3;1H. The summed E-state index contributed by atoms with van der Waals surface area (Å²) in [6.07, 6.45) is 1.81. The number of rotatable bonds is 1. The predicted molar refractivity (Wildman–Crippen MR) is 50.5 cm³/mol. The van der Waals surface area contributed by atoms with E-state index in [1.807, 2.05) is 32.2 Å². The molecule has 0 amide bonds. The van der Waals surface area contributed by atoms with Gasteiger partial charge in [-0.15, -0.1) is 24.0 Å². The van der Waals surface area contributed by atoms with Gasteiger partial charge in [0.1, 0.15) is 0 Å². The molecule has 1 rings (SSSR count). The van der Waals surface area contributed by atoms with Crippen LogP contribution in [0.25, 0.3) is 0 Å². The zero-order valence-electron chi connectivity index (χ0n) is 6.54. The van der Waals surface area contributed by atoms with E-state index < -0.39 is 0 Å². The van der Waals surface area contributed by atoms with Gasteiger partial charge in [-0.05, 0) is 25.5 Å². The second kappa shape index (κ2) is 4.58. The summed E-state index contributed by atoms with van der Waals surface area (Å²) in [6, 6.07) is 3.97. The van der Waals surface area contributed by atoms with Crippen LogP contribution in [0.4, 0.5) is 0 Å². The number of pyridine rings is 1. The molecule has 1 heterocycles. The molecule has 0 N–H and O–H groups in total. The van der Waals surface area contributed by atoms with Gasteiger partial charge in [0.2, 0.25) is 0 Å². The van der Waals surface area contributed by atoms with Crippen molar-refractivity contribution in [3.8, 4) is 0 Å². The fourth-order valence-corrected chi connectivity index (χ4v) is 0.844. The fraction of sp³-hybridized carbons (Fsp3) is 0.375. The Morgan fingerprint density at radius 1 is 1.45 bits per heavy atom. The Bertz CT molecular complexity index is 206. The lowest BCUT2D eigenvalue weighted by molar-refractivity contribution is 1.04. The summed E-state index contributed by atoms with van der Waals surface area (Å²) < 4.78 is 0. The maximum atomic E-state index is 5.82. The van der Waals surface area contributed by atoms with E-state index in [0.717, 1.165) is 11.3 Å². The van der Waals surface area contributed by atoms with Gasteiger partial charge in [0, 0.05) is 11.9 Å². The molecule has 0 spiro atoms. The molecule has 1 unspecified atom stereocenters. The van der Waals surface area contributed by atoms with Gasteiger partial charge in [-0.2, -0.15) is 0 Å². The molecule has 0 aromatic carbocycles. The van der Waals surface area contributed by atoms with Gasteiger partial charge in [0.25, 0.3) is 0 Å². The summed E-state index contributed by atoms with van der Waals surface area (Å²) in [5.74, 6) is 0. The second-order valence-electron chi connectivity index (χ2n) is 2.35. The summed E-state index contributed by atoms with van der Waals surface area (Å²) in [6.45, 7) is 3.90. The third-order valence-corrected chi connectivity index (χ3v) is 1.65. The number of hydrogen-bond donors (Lipinski definition) is 0. The monoisotopic (exact) mass is 191 g/mol. The van der Waals surface area contributed by atoms with Gasteiger partial charge in [0.05, 0.1) is 5.38 Å². The van der Waals surface area contributed by atoms with Gasteiger partial charge in [-0.25, -0.2) is 0 Å². The van der Waals surface area contributed by atoms with E-state index in [1.54, 1.807) is 0 Å². The third kappa shape index (κ3) is 3.08. The van der Waals surface area contributed by atoms with Crippen LogP contribution < -0.4 is 0 Å². The fourth-order valence-electron chi connectivity index (χ4n) is 0.715. The predicted octanol–water partition coefficient (Wildman–Crippen LogP) is 3.11. The first kappa shape index (κ1) is 10.7. The highest BCUT2D eigenvalue weighted by molar-refractivity contribution is 6.20. The van der Waals surface area contributed by atoms with Crippen molar-refractivity contribution in [1.82, 2.24) is 4.98 Å². The van der Waals surface area contributed by atoms with Crippen molar-refractivity contribution in [2.75, 3.05) is 0 Å². The van der Waals surface area contributed by atoms with E-state index in [-0.39, 0.29) is 17.8 Å². The van der Waals surface area contributed by atoms with Crippen LogP contribution in [0.2, 0.25) is 0 Å². The third-order valence-electron chi connectivity index (χ3n) is 1.39. The van der Waals surface area contributed by atoms with E-state index >= 15 is 0 Å². The van der Waals surface area contributed by atoms with Gasteiger partial charge in [-0.3, -0.25) is 4.98 Å². The molecule has 3 heteroatoms. The van der Waals surface area contributed by atoms with Crippen LogP contribution in [-0.4, -0.2) is 4.98 Å². The Morgan fingerprint density at radius 3 is 2.45 bits per heavy atom. The zero-order valence-corrected chi connectivity index (χ0v) is 8.12. The number of halogens is 2. The summed E-state index contributed by atoms with van der Waals surface area (Å²) >= 11 is 5.82. The minimum Gasteiger partial charge on any atom is -0.261 e. The molecular formula is C8H11Cl2N. The molecule has 1 atom stereocenters. The molecule has 0 aliphatic heterocycles. The van der Waals surface area contributed by atoms with Crippen molar-refractivity contribution in [2.24, 2.45) is 0 Å². The molecule has 0 aliphatic rings.